The second-order valence-electron chi connectivity index (χ2n) is 3.07. The van der Waals surface area contributed by atoms with Crippen LogP contribution in [0.3, 0.4) is 0 Å². The number of oxazole rings is 1. The summed E-state index contributed by atoms with van der Waals surface area (Å²) < 4.78 is 5.23. The fourth-order valence-corrected chi connectivity index (χ4v) is 1.98. The molecule has 0 radical (unpaired) electrons. The molecule has 2 heterocycles. The van der Waals surface area contributed by atoms with Gasteiger partial charge in [-0.1, -0.05) is 11.3 Å². The van der Waals surface area contributed by atoms with Crippen LogP contribution in [0.4, 0.5) is 5.00 Å². The highest BCUT2D eigenvalue weighted by atomic mass is 32.1. The minimum Gasteiger partial charge on any atom is -0.444 e. The molecule has 6 nitrogen and oxygen atoms in total. The van der Waals surface area contributed by atoms with E-state index in [1.807, 2.05) is 7.05 Å². The van der Waals surface area contributed by atoms with Crippen molar-refractivity contribution in [2.24, 2.45) is 0 Å². The maximum Gasteiger partial charge on any atom is 0.324 e. The maximum absolute atomic E-state index is 10.5. The zero-order valence-electron chi connectivity index (χ0n) is 8.47. The van der Waals surface area contributed by atoms with Crippen LogP contribution in [-0.4, -0.2) is 17.0 Å². The van der Waals surface area contributed by atoms with Gasteiger partial charge in [0, 0.05) is 12.6 Å². The van der Waals surface area contributed by atoms with Crippen molar-refractivity contribution < 1.29 is 9.34 Å². The summed E-state index contributed by atoms with van der Waals surface area (Å²) in [5.74, 6) is 0.420. The molecule has 2 aromatic heterocycles. The van der Waals surface area contributed by atoms with Gasteiger partial charge in [-0.3, -0.25) is 10.1 Å². The van der Waals surface area contributed by atoms with Crippen LogP contribution >= 0.6 is 11.3 Å². The smallest absolute Gasteiger partial charge is 0.324 e. The molecule has 7 heteroatoms. The minimum atomic E-state index is -0.425. The van der Waals surface area contributed by atoms with Gasteiger partial charge in [0.1, 0.15) is 6.26 Å². The summed E-state index contributed by atoms with van der Waals surface area (Å²) in [5, 5.41) is 13.5. The SMILES string of the molecule is CNCc1coc(-c2ccc([N+](=O)[O-])s2)n1. The van der Waals surface area contributed by atoms with E-state index in [2.05, 4.69) is 10.3 Å². The van der Waals surface area contributed by atoms with Gasteiger partial charge in [-0.25, -0.2) is 4.98 Å². The summed E-state index contributed by atoms with van der Waals surface area (Å²) in [6.45, 7) is 0.608. The maximum atomic E-state index is 10.5. The highest BCUT2D eigenvalue weighted by molar-refractivity contribution is 7.18. The summed E-state index contributed by atoms with van der Waals surface area (Å²) in [6.07, 6.45) is 1.54. The second kappa shape index (κ2) is 4.42. The quantitative estimate of drug-likeness (QED) is 0.652. The normalized spacial score (nSPS) is 10.6. The van der Waals surface area contributed by atoms with Crippen LogP contribution in [-0.2, 0) is 6.54 Å². The number of nitro groups is 1. The number of rotatable bonds is 4. The van der Waals surface area contributed by atoms with Crippen LogP contribution in [0.2, 0.25) is 0 Å². The Labute approximate surface area is 95.1 Å². The molecule has 1 N–H and O–H groups in total. The van der Waals surface area contributed by atoms with Gasteiger partial charge >= 0.3 is 5.00 Å². The molecule has 0 aliphatic carbocycles. The largest absolute Gasteiger partial charge is 0.444 e. The van der Waals surface area contributed by atoms with E-state index in [0.29, 0.717) is 17.3 Å². The number of nitrogens with one attached hydrogen (secondary N) is 1. The zero-order valence-corrected chi connectivity index (χ0v) is 9.28. The molecule has 2 aromatic rings. The molecule has 0 aromatic carbocycles. The summed E-state index contributed by atoms with van der Waals surface area (Å²) >= 11 is 1.05. The third-order valence-corrected chi connectivity index (χ3v) is 2.92. The molecule has 0 aliphatic rings. The Morgan fingerprint density at radius 2 is 2.44 bits per heavy atom. The molecular weight excluding hydrogens is 230 g/mol. The molecule has 0 spiro atoms. The molecule has 0 saturated heterocycles. The Balaban J connectivity index is 2.24. The van der Waals surface area contributed by atoms with E-state index >= 15 is 0 Å². The van der Waals surface area contributed by atoms with Gasteiger partial charge in [-0.2, -0.15) is 0 Å². The van der Waals surface area contributed by atoms with Crippen molar-refractivity contribution in [3.63, 3.8) is 0 Å². The molecule has 84 valence electrons. The molecule has 0 amide bonds. The number of thiophene rings is 1. The van der Waals surface area contributed by atoms with E-state index < -0.39 is 4.92 Å². The molecule has 0 fully saturated rings. The first-order chi connectivity index (χ1) is 7.70. The topological polar surface area (TPSA) is 81.2 Å². The van der Waals surface area contributed by atoms with E-state index in [1.165, 1.54) is 12.3 Å². The fraction of sp³-hybridized carbons (Fsp3) is 0.222. The Kier molecular flexibility index (Phi) is 2.97. The van der Waals surface area contributed by atoms with Gasteiger partial charge in [0.2, 0.25) is 5.89 Å². The van der Waals surface area contributed by atoms with Crippen molar-refractivity contribution in [1.82, 2.24) is 10.3 Å². The third kappa shape index (κ3) is 2.10. The molecular formula is C9H9N3O3S. The summed E-state index contributed by atoms with van der Waals surface area (Å²) in [4.78, 5) is 14.9. The lowest BCUT2D eigenvalue weighted by molar-refractivity contribution is -0.380. The van der Waals surface area contributed by atoms with Crippen LogP contribution in [0.5, 0.6) is 0 Å². The third-order valence-electron chi connectivity index (χ3n) is 1.89. The zero-order chi connectivity index (χ0) is 11.5. The van der Waals surface area contributed by atoms with Crippen LogP contribution in [0.15, 0.2) is 22.8 Å². The lowest BCUT2D eigenvalue weighted by atomic mass is 10.4. The summed E-state index contributed by atoms with van der Waals surface area (Å²) in [5.41, 5.74) is 0.772. The van der Waals surface area contributed by atoms with Gasteiger partial charge in [-0.15, -0.1) is 0 Å². The Morgan fingerprint density at radius 3 is 3.06 bits per heavy atom. The van der Waals surface area contributed by atoms with E-state index in [9.17, 15) is 10.1 Å². The van der Waals surface area contributed by atoms with Crippen molar-refractivity contribution in [2.45, 2.75) is 6.54 Å². The lowest BCUT2D eigenvalue weighted by Crippen LogP contribution is -2.04. The van der Waals surface area contributed by atoms with Crippen LogP contribution in [0, 0.1) is 10.1 Å². The first kappa shape index (κ1) is 10.8. The molecule has 0 unspecified atom stereocenters. The molecule has 0 saturated carbocycles. The highest BCUT2D eigenvalue weighted by Crippen LogP contribution is 2.31. The molecule has 0 bridgehead atoms. The van der Waals surface area contributed by atoms with Crippen molar-refractivity contribution in [1.29, 1.82) is 0 Å². The second-order valence-corrected chi connectivity index (χ2v) is 4.13. The summed E-state index contributed by atoms with van der Waals surface area (Å²) in [6, 6.07) is 3.08. The lowest BCUT2D eigenvalue weighted by Gasteiger charge is -1.88. The van der Waals surface area contributed by atoms with Gasteiger partial charge in [-0.05, 0) is 13.1 Å². The van der Waals surface area contributed by atoms with Crippen molar-refractivity contribution >= 4 is 16.3 Å². The van der Waals surface area contributed by atoms with Gasteiger partial charge < -0.3 is 9.73 Å². The minimum absolute atomic E-state index is 0.0865. The van der Waals surface area contributed by atoms with Crippen LogP contribution < -0.4 is 5.32 Å². The number of hydrogen-bond acceptors (Lipinski definition) is 6. The predicted molar refractivity (Wildman–Crippen MR) is 59.2 cm³/mol. The molecule has 0 atom stereocenters. The number of nitrogens with zero attached hydrogens (tertiary/aromatic N) is 2. The van der Waals surface area contributed by atoms with E-state index in [-0.39, 0.29) is 5.00 Å². The first-order valence-electron chi connectivity index (χ1n) is 4.54. The van der Waals surface area contributed by atoms with E-state index in [0.717, 1.165) is 17.0 Å². The Hall–Kier alpha value is -1.73. The summed E-state index contributed by atoms with van der Waals surface area (Å²) in [7, 11) is 1.81. The Morgan fingerprint density at radius 1 is 1.62 bits per heavy atom. The van der Waals surface area contributed by atoms with E-state index in [4.69, 9.17) is 4.42 Å². The monoisotopic (exact) mass is 239 g/mol. The number of hydrogen-bond donors (Lipinski definition) is 1. The molecule has 16 heavy (non-hydrogen) atoms. The Bertz CT molecular complexity index is 506. The highest BCUT2D eigenvalue weighted by Gasteiger charge is 2.14. The van der Waals surface area contributed by atoms with Gasteiger partial charge in [0.15, 0.2) is 0 Å². The fourth-order valence-electron chi connectivity index (χ4n) is 1.22. The number of aromatic nitrogens is 1. The molecule has 2 rings (SSSR count). The van der Waals surface area contributed by atoms with Crippen molar-refractivity contribution in [3.05, 3.63) is 34.2 Å². The molecule has 0 aliphatic heterocycles. The van der Waals surface area contributed by atoms with Gasteiger partial charge in [0.05, 0.1) is 15.5 Å². The predicted octanol–water partition coefficient (Wildman–Crippen LogP) is 2.03. The van der Waals surface area contributed by atoms with Crippen molar-refractivity contribution in [2.75, 3.05) is 7.05 Å². The van der Waals surface area contributed by atoms with E-state index in [1.54, 1.807) is 6.07 Å². The van der Waals surface area contributed by atoms with Crippen molar-refractivity contribution in [3.8, 4) is 10.8 Å². The standard InChI is InChI=1S/C9H9N3O3S/c1-10-4-6-5-15-9(11-6)7-2-3-8(16-7)12(13)14/h2-3,5,10H,4H2,1H3. The average molecular weight is 239 g/mol. The van der Waals surface area contributed by atoms with Crippen LogP contribution in [0.25, 0.3) is 10.8 Å². The van der Waals surface area contributed by atoms with Crippen LogP contribution in [0.1, 0.15) is 5.69 Å². The van der Waals surface area contributed by atoms with Gasteiger partial charge in [0.25, 0.3) is 0 Å². The average Bonchev–Trinajstić information content (AvgIpc) is 2.84. The first-order valence-corrected chi connectivity index (χ1v) is 5.36.